The summed E-state index contributed by atoms with van der Waals surface area (Å²) < 4.78 is 11.4. The second-order valence-electron chi connectivity index (χ2n) is 11.1. The fourth-order valence-electron chi connectivity index (χ4n) is 6.74. The monoisotopic (exact) mass is 625 g/mol. The summed E-state index contributed by atoms with van der Waals surface area (Å²) in [5.74, 6) is -1.32. The first-order valence-corrected chi connectivity index (χ1v) is 14.5. The Kier molecular flexibility index (Phi) is 6.42. The fourth-order valence-corrected chi connectivity index (χ4v) is 7.01. The third kappa shape index (κ3) is 4.48. The molecule has 0 N–H and O–H groups in total. The fraction of sp³-hybridized carbons (Fsp3) is 0.242. The predicted octanol–water partition coefficient (Wildman–Crippen LogP) is 5.27. The number of anilines is 1. The third-order valence-corrected chi connectivity index (χ3v) is 9.33. The zero-order chi connectivity index (χ0) is 29.1. The van der Waals surface area contributed by atoms with Gasteiger partial charge in [0, 0.05) is 10.0 Å². The molecular weight excluding hydrogens is 602 g/mol. The highest BCUT2D eigenvalue weighted by molar-refractivity contribution is 9.10. The van der Waals surface area contributed by atoms with E-state index in [-0.39, 0.29) is 52.4 Å². The van der Waals surface area contributed by atoms with E-state index in [0.717, 1.165) is 10.9 Å². The van der Waals surface area contributed by atoms with Crippen LogP contribution >= 0.6 is 15.9 Å². The molecule has 4 aliphatic carbocycles. The average Bonchev–Trinajstić information content (AvgIpc) is 3.79. The van der Waals surface area contributed by atoms with Crippen molar-refractivity contribution >= 4 is 51.2 Å². The number of benzene rings is 3. The van der Waals surface area contributed by atoms with E-state index in [4.69, 9.17) is 9.47 Å². The van der Waals surface area contributed by atoms with Crippen LogP contribution in [0.2, 0.25) is 0 Å². The van der Waals surface area contributed by atoms with Crippen LogP contribution in [-0.2, 0) is 14.3 Å². The van der Waals surface area contributed by atoms with Crippen molar-refractivity contribution in [3.05, 3.63) is 106 Å². The molecule has 0 radical (unpaired) electrons. The first-order chi connectivity index (χ1) is 20.3. The maximum absolute atomic E-state index is 13.4. The van der Waals surface area contributed by atoms with Crippen LogP contribution in [0.4, 0.5) is 5.69 Å². The highest BCUT2D eigenvalue weighted by Gasteiger charge is 2.67. The Morgan fingerprint density at radius 2 is 1.38 bits per heavy atom. The molecule has 6 unspecified atom stereocenters. The number of ether oxygens (including phenoxy) is 2. The van der Waals surface area contributed by atoms with E-state index in [0.29, 0.717) is 23.1 Å². The molecule has 3 fully saturated rings. The Labute approximate surface area is 249 Å². The van der Waals surface area contributed by atoms with E-state index in [1.54, 1.807) is 36.4 Å². The molecule has 2 bridgehead atoms. The zero-order valence-electron chi connectivity index (χ0n) is 22.1. The number of hydrogen-bond donors (Lipinski definition) is 0. The molecule has 2 amide bonds. The van der Waals surface area contributed by atoms with Crippen molar-refractivity contribution in [1.82, 2.24) is 0 Å². The molecule has 210 valence electrons. The van der Waals surface area contributed by atoms with Crippen molar-refractivity contribution in [3.63, 3.8) is 0 Å². The molecule has 0 aromatic heterocycles. The summed E-state index contributed by atoms with van der Waals surface area (Å²) in [7, 11) is 0. The molecule has 8 nitrogen and oxygen atoms in total. The number of allylic oxidation sites excluding steroid dienone is 2. The number of amides is 2. The smallest absolute Gasteiger partial charge is 0.343 e. The minimum atomic E-state index is -0.746. The molecule has 1 aliphatic heterocycles. The Balaban J connectivity index is 0.977. The van der Waals surface area contributed by atoms with Gasteiger partial charge in [-0.3, -0.25) is 14.4 Å². The van der Waals surface area contributed by atoms with Crippen LogP contribution in [0.25, 0.3) is 0 Å². The maximum Gasteiger partial charge on any atom is 0.343 e. The van der Waals surface area contributed by atoms with Gasteiger partial charge in [-0.2, -0.15) is 0 Å². The van der Waals surface area contributed by atoms with Gasteiger partial charge in [-0.05, 0) is 96.8 Å². The number of rotatable bonds is 7. The zero-order valence-corrected chi connectivity index (χ0v) is 23.7. The summed E-state index contributed by atoms with van der Waals surface area (Å²) in [5.41, 5.74) is 1.13. The molecule has 6 atom stereocenters. The third-order valence-electron chi connectivity index (χ3n) is 8.80. The predicted molar refractivity (Wildman–Crippen MR) is 154 cm³/mol. The van der Waals surface area contributed by atoms with Gasteiger partial charge in [0.15, 0.2) is 12.4 Å². The number of carbonyl (C=O) groups is 5. The second-order valence-corrected chi connectivity index (χ2v) is 12.1. The molecule has 1 saturated heterocycles. The van der Waals surface area contributed by atoms with Crippen molar-refractivity contribution in [1.29, 1.82) is 0 Å². The van der Waals surface area contributed by atoms with E-state index >= 15 is 0 Å². The quantitative estimate of drug-likeness (QED) is 0.116. The molecule has 42 heavy (non-hydrogen) atoms. The summed E-state index contributed by atoms with van der Waals surface area (Å²) in [6.45, 7) is -0.509. The topological polar surface area (TPSA) is 107 Å². The first kappa shape index (κ1) is 26.5. The molecule has 5 aliphatic rings. The summed E-state index contributed by atoms with van der Waals surface area (Å²) in [6, 6.07) is 18.9. The molecule has 8 rings (SSSR count). The van der Waals surface area contributed by atoms with Crippen LogP contribution < -0.4 is 9.64 Å². The van der Waals surface area contributed by atoms with Crippen molar-refractivity contribution in [2.24, 2.45) is 35.5 Å². The molecule has 3 aromatic rings. The molecule has 0 spiro atoms. The Hall–Kier alpha value is -4.37. The second kappa shape index (κ2) is 10.2. The first-order valence-electron chi connectivity index (χ1n) is 13.7. The SMILES string of the molecule is O=C(COC(=O)c1cccc(N2C(=O)C3C4C=CC(C5CC45)C3C2=O)c1)c1ccc(OC(=O)c2ccc(Br)cc2)cc1. The number of hydrogen-bond acceptors (Lipinski definition) is 7. The van der Waals surface area contributed by atoms with Crippen LogP contribution in [0.15, 0.2) is 89.4 Å². The standard InChI is InChI=1S/C33H24BrNO7/c34-20-8-4-18(5-9-20)33(40)42-22-10-6-17(7-11-22)27(36)16-41-32(39)19-2-1-3-21(14-19)35-30(37)28-23-12-13-24(26-15-25(23)26)29(28)31(35)38/h1-14,23-26,28-29H,15-16H2. The van der Waals surface area contributed by atoms with Crippen LogP contribution in [0, 0.1) is 35.5 Å². The lowest BCUT2D eigenvalue weighted by molar-refractivity contribution is -0.124. The van der Waals surface area contributed by atoms with Crippen molar-refractivity contribution < 1.29 is 33.4 Å². The molecule has 2 saturated carbocycles. The van der Waals surface area contributed by atoms with Gasteiger partial charge in [0.2, 0.25) is 11.8 Å². The van der Waals surface area contributed by atoms with Gasteiger partial charge in [-0.1, -0.05) is 34.1 Å². The minimum absolute atomic E-state index is 0.109. The highest BCUT2D eigenvalue weighted by Crippen LogP contribution is 2.65. The van der Waals surface area contributed by atoms with Gasteiger partial charge < -0.3 is 9.47 Å². The lowest BCUT2D eigenvalue weighted by Crippen LogP contribution is -2.40. The lowest BCUT2D eigenvalue weighted by Gasteiger charge is -2.37. The maximum atomic E-state index is 13.4. The molecule has 9 heteroatoms. The van der Waals surface area contributed by atoms with Crippen LogP contribution in [0.5, 0.6) is 5.75 Å². The Morgan fingerprint density at radius 3 is 2.02 bits per heavy atom. The summed E-state index contributed by atoms with van der Waals surface area (Å²) in [5, 5.41) is 0. The summed E-state index contributed by atoms with van der Waals surface area (Å²) in [6.07, 6.45) is 5.31. The summed E-state index contributed by atoms with van der Waals surface area (Å²) >= 11 is 3.31. The largest absolute Gasteiger partial charge is 0.454 e. The van der Waals surface area contributed by atoms with Gasteiger partial charge in [0.25, 0.3) is 0 Å². The van der Waals surface area contributed by atoms with Gasteiger partial charge >= 0.3 is 11.9 Å². The number of ketones is 1. The number of esters is 2. The van der Waals surface area contributed by atoms with E-state index in [2.05, 4.69) is 28.1 Å². The van der Waals surface area contributed by atoms with E-state index < -0.39 is 24.3 Å². The molecule has 3 aromatic carbocycles. The van der Waals surface area contributed by atoms with Gasteiger partial charge in [-0.15, -0.1) is 0 Å². The van der Waals surface area contributed by atoms with Crippen LogP contribution in [0.3, 0.4) is 0 Å². The van der Waals surface area contributed by atoms with Gasteiger partial charge in [0.05, 0.1) is 28.7 Å². The van der Waals surface area contributed by atoms with Crippen LogP contribution in [0.1, 0.15) is 37.5 Å². The average molecular weight is 626 g/mol. The van der Waals surface area contributed by atoms with E-state index in [9.17, 15) is 24.0 Å². The van der Waals surface area contributed by atoms with Crippen molar-refractivity contribution in [3.8, 4) is 5.75 Å². The Bertz CT molecular complexity index is 1640. The van der Waals surface area contributed by atoms with Crippen LogP contribution in [-0.4, -0.2) is 36.1 Å². The van der Waals surface area contributed by atoms with Crippen molar-refractivity contribution in [2.75, 3.05) is 11.5 Å². The minimum Gasteiger partial charge on any atom is -0.454 e. The van der Waals surface area contributed by atoms with Gasteiger partial charge in [0.1, 0.15) is 5.75 Å². The number of halogens is 1. The number of imide groups is 1. The van der Waals surface area contributed by atoms with E-state index in [1.165, 1.54) is 41.3 Å². The summed E-state index contributed by atoms with van der Waals surface area (Å²) in [4.78, 5) is 65.8. The number of carbonyl (C=O) groups excluding carboxylic acids is 5. The van der Waals surface area contributed by atoms with Crippen molar-refractivity contribution in [2.45, 2.75) is 6.42 Å². The van der Waals surface area contributed by atoms with E-state index in [1.807, 2.05) is 0 Å². The molecule has 1 heterocycles. The molecular formula is C33H24BrNO7. The lowest BCUT2D eigenvalue weighted by atomic mass is 9.63. The normalized spacial score (nSPS) is 26.5. The number of Topliss-reactive ketones (excluding diaryl/α,β-unsaturated/α-hetero) is 1. The highest BCUT2D eigenvalue weighted by atomic mass is 79.9. The Morgan fingerprint density at radius 1 is 0.762 bits per heavy atom. The number of nitrogens with zero attached hydrogens (tertiary/aromatic N) is 1. The van der Waals surface area contributed by atoms with Gasteiger partial charge in [-0.25, -0.2) is 14.5 Å².